The highest BCUT2D eigenvalue weighted by Gasteiger charge is 2.16. The third-order valence-corrected chi connectivity index (χ3v) is 7.45. The number of allylic oxidation sites excluding steroid dienone is 6. The van der Waals surface area contributed by atoms with Crippen molar-refractivity contribution >= 4 is 11.9 Å². The van der Waals surface area contributed by atoms with Crippen LogP contribution in [-0.4, -0.2) is 36.4 Å². The lowest BCUT2D eigenvalue weighted by Gasteiger charge is -2.15. The molecule has 1 atom stereocenters. The Kier molecular flexibility index (Phi) is 32.1. The zero-order valence-corrected chi connectivity index (χ0v) is 27.5. The molecule has 0 aliphatic heterocycles. The summed E-state index contributed by atoms with van der Waals surface area (Å²) in [7, 11) is 0. The van der Waals surface area contributed by atoms with Gasteiger partial charge in [0.1, 0.15) is 6.61 Å². The molecule has 0 aliphatic rings. The van der Waals surface area contributed by atoms with Crippen LogP contribution in [0.4, 0.5) is 0 Å². The molecule has 0 aliphatic carbocycles. The number of esters is 2. The molecule has 0 unspecified atom stereocenters. The summed E-state index contributed by atoms with van der Waals surface area (Å²) < 4.78 is 10.6. The van der Waals surface area contributed by atoms with Crippen molar-refractivity contribution in [1.82, 2.24) is 0 Å². The number of ether oxygens (including phenoxy) is 2. The van der Waals surface area contributed by atoms with Gasteiger partial charge in [-0.15, -0.1) is 0 Å². The number of aliphatic hydroxyl groups excluding tert-OH is 1. The first-order chi connectivity index (χ1) is 20.6. The lowest BCUT2D eigenvalue weighted by molar-refractivity contribution is -0.161. The molecule has 244 valence electrons. The zero-order valence-electron chi connectivity index (χ0n) is 27.5. The molecule has 0 amide bonds. The van der Waals surface area contributed by atoms with E-state index in [0.717, 1.165) is 70.6 Å². The SMILES string of the molecule is CC/C=C\C/C=C\C/C=C\CCCCCCCC(=O)O[C@H](CO)COC(=O)CCCCCCCCCCCCCCC. The first-order valence-electron chi connectivity index (χ1n) is 17.5. The fourth-order valence-electron chi connectivity index (χ4n) is 4.80. The van der Waals surface area contributed by atoms with Gasteiger partial charge in [0, 0.05) is 12.8 Å². The molecule has 0 aromatic carbocycles. The van der Waals surface area contributed by atoms with Crippen LogP contribution in [0.3, 0.4) is 0 Å². The number of carbonyl (C=O) groups is 2. The van der Waals surface area contributed by atoms with Gasteiger partial charge < -0.3 is 14.6 Å². The molecule has 0 fully saturated rings. The molecule has 42 heavy (non-hydrogen) atoms. The smallest absolute Gasteiger partial charge is 0.306 e. The Bertz CT molecular complexity index is 682. The third kappa shape index (κ3) is 31.1. The monoisotopic (exact) mass is 590 g/mol. The van der Waals surface area contributed by atoms with E-state index in [1.54, 1.807) is 0 Å². The Balaban J connectivity index is 3.60. The number of hydrogen-bond donors (Lipinski definition) is 1. The first-order valence-corrected chi connectivity index (χ1v) is 17.5. The zero-order chi connectivity index (χ0) is 30.8. The lowest BCUT2D eigenvalue weighted by atomic mass is 10.0. The summed E-state index contributed by atoms with van der Waals surface area (Å²) in [4.78, 5) is 24.1. The molecule has 0 aromatic heterocycles. The van der Waals surface area contributed by atoms with Crippen LogP contribution in [0, 0.1) is 0 Å². The Morgan fingerprint density at radius 1 is 0.571 bits per heavy atom. The van der Waals surface area contributed by atoms with Crippen molar-refractivity contribution in [3.8, 4) is 0 Å². The summed E-state index contributed by atoms with van der Waals surface area (Å²) in [5, 5.41) is 9.51. The van der Waals surface area contributed by atoms with Crippen LogP contribution in [0.2, 0.25) is 0 Å². The van der Waals surface area contributed by atoms with E-state index in [-0.39, 0.29) is 25.2 Å². The maximum atomic E-state index is 12.1. The maximum absolute atomic E-state index is 12.1. The quantitative estimate of drug-likeness (QED) is 0.0494. The Morgan fingerprint density at radius 2 is 1.02 bits per heavy atom. The molecule has 1 N–H and O–H groups in total. The van der Waals surface area contributed by atoms with Crippen molar-refractivity contribution in [2.24, 2.45) is 0 Å². The fraction of sp³-hybridized carbons (Fsp3) is 0.784. The van der Waals surface area contributed by atoms with Gasteiger partial charge in [-0.05, 0) is 44.9 Å². The minimum Gasteiger partial charge on any atom is -0.462 e. The summed E-state index contributed by atoms with van der Waals surface area (Å²) in [5.74, 6) is -0.610. The highest BCUT2D eigenvalue weighted by molar-refractivity contribution is 5.70. The molecule has 0 heterocycles. The number of carbonyl (C=O) groups excluding carboxylic acids is 2. The van der Waals surface area contributed by atoms with Crippen LogP contribution in [-0.2, 0) is 19.1 Å². The average Bonchev–Trinajstić information content (AvgIpc) is 2.99. The fourth-order valence-corrected chi connectivity index (χ4v) is 4.80. The van der Waals surface area contributed by atoms with Crippen LogP contribution in [0.25, 0.3) is 0 Å². The Labute approximate surface area is 259 Å². The van der Waals surface area contributed by atoms with E-state index in [1.807, 2.05) is 0 Å². The van der Waals surface area contributed by atoms with Crippen molar-refractivity contribution in [3.05, 3.63) is 36.5 Å². The van der Waals surface area contributed by atoms with E-state index in [4.69, 9.17) is 9.47 Å². The lowest BCUT2D eigenvalue weighted by Crippen LogP contribution is -2.28. The molecule has 0 saturated carbocycles. The van der Waals surface area contributed by atoms with Gasteiger partial charge in [0.15, 0.2) is 6.10 Å². The first kappa shape index (κ1) is 40.1. The van der Waals surface area contributed by atoms with Gasteiger partial charge in [0.05, 0.1) is 6.61 Å². The van der Waals surface area contributed by atoms with Gasteiger partial charge in [0.2, 0.25) is 0 Å². The summed E-state index contributed by atoms with van der Waals surface area (Å²) in [6, 6.07) is 0. The maximum Gasteiger partial charge on any atom is 0.306 e. The average molecular weight is 591 g/mol. The van der Waals surface area contributed by atoms with Crippen LogP contribution in [0.5, 0.6) is 0 Å². The van der Waals surface area contributed by atoms with E-state index in [0.29, 0.717) is 12.8 Å². The summed E-state index contributed by atoms with van der Waals surface area (Å²) in [6.45, 7) is 4.00. The van der Waals surface area contributed by atoms with Crippen molar-refractivity contribution < 1.29 is 24.2 Å². The van der Waals surface area contributed by atoms with Gasteiger partial charge in [-0.3, -0.25) is 9.59 Å². The summed E-state index contributed by atoms with van der Waals surface area (Å²) >= 11 is 0. The van der Waals surface area contributed by atoms with E-state index in [1.165, 1.54) is 70.6 Å². The molecule has 0 bridgehead atoms. The summed E-state index contributed by atoms with van der Waals surface area (Å²) in [5.41, 5.74) is 0. The second-order valence-electron chi connectivity index (χ2n) is 11.6. The third-order valence-electron chi connectivity index (χ3n) is 7.45. The number of unbranched alkanes of at least 4 members (excludes halogenated alkanes) is 17. The minimum atomic E-state index is -0.775. The van der Waals surface area contributed by atoms with Gasteiger partial charge >= 0.3 is 11.9 Å². The largest absolute Gasteiger partial charge is 0.462 e. The van der Waals surface area contributed by atoms with E-state index < -0.39 is 6.10 Å². The topological polar surface area (TPSA) is 72.8 Å². The minimum absolute atomic E-state index is 0.0707. The standard InChI is InChI=1S/C37H66O5/c1-3-5-7-9-11-13-15-17-18-20-22-24-26-28-30-32-37(40)42-35(33-38)34-41-36(39)31-29-27-25-23-21-19-16-14-12-10-8-6-4-2/h5,7,11,13,17-18,35,38H,3-4,6,8-10,12,14-16,19-34H2,1-2H3/b7-5-,13-11-,18-17-/t35-/m1/s1. The normalized spacial score (nSPS) is 12.5. The number of aliphatic hydroxyl groups is 1. The Morgan fingerprint density at radius 3 is 1.55 bits per heavy atom. The molecule has 0 rings (SSSR count). The van der Waals surface area contributed by atoms with Gasteiger partial charge in [-0.1, -0.05) is 147 Å². The molecular weight excluding hydrogens is 524 g/mol. The second kappa shape index (κ2) is 33.6. The van der Waals surface area contributed by atoms with Crippen molar-refractivity contribution in [1.29, 1.82) is 0 Å². The summed E-state index contributed by atoms with van der Waals surface area (Å²) in [6.07, 6.45) is 39.1. The number of hydrogen-bond acceptors (Lipinski definition) is 5. The molecule has 5 heteroatoms. The van der Waals surface area contributed by atoms with Gasteiger partial charge in [-0.2, -0.15) is 0 Å². The molecule has 0 radical (unpaired) electrons. The molecule has 0 aromatic rings. The molecule has 0 saturated heterocycles. The van der Waals surface area contributed by atoms with E-state index in [9.17, 15) is 14.7 Å². The van der Waals surface area contributed by atoms with Gasteiger partial charge in [-0.25, -0.2) is 0 Å². The number of rotatable bonds is 31. The molecular formula is C37H66O5. The predicted molar refractivity (Wildman–Crippen MR) is 178 cm³/mol. The highest BCUT2D eigenvalue weighted by Crippen LogP contribution is 2.13. The molecule has 5 nitrogen and oxygen atoms in total. The van der Waals surface area contributed by atoms with Crippen LogP contribution in [0.15, 0.2) is 36.5 Å². The van der Waals surface area contributed by atoms with Crippen LogP contribution >= 0.6 is 0 Å². The Hall–Kier alpha value is -1.88. The predicted octanol–water partition coefficient (Wildman–Crippen LogP) is 10.5. The van der Waals surface area contributed by atoms with E-state index in [2.05, 4.69) is 50.3 Å². The van der Waals surface area contributed by atoms with Gasteiger partial charge in [0.25, 0.3) is 0 Å². The van der Waals surface area contributed by atoms with E-state index >= 15 is 0 Å². The second-order valence-corrected chi connectivity index (χ2v) is 11.6. The van der Waals surface area contributed by atoms with Crippen molar-refractivity contribution in [2.75, 3.05) is 13.2 Å². The van der Waals surface area contributed by atoms with Crippen molar-refractivity contribution in [3.63, 3.8) is 0 Å². The van der Waals surface area contributed by atoms with Crippen LogP contribution < -0.4 is 0 Å². The van der Waals surface area contributed by atoms with Crippen molar-refractivity contribution in [2.45, 2.75) is 174 Å². The molecule has 0 spiro atoms. The van der Waals surface area contributed by atoms with Crippen LogP contribution in [0.1, 0.15) is 168 Å². The highest BCUT2D eigenvalue weighted by atomic mass is 16.6.